The SMILES string of the molecule is COc1ccc(CC2OC[C@H]3OC(=O)[C@H](O[Si](C)(C)C(C)(C)C)C3O2)cc1. The highest BCUT2D eigenvalue weighted by molar-refractivity contribution is 6.74. The van der Waals surface area contributed by atoms with E-state index >= 15 is 0 Å². The number of ether oxygens (including phenoxy) is 4. The summed E-state index contributed by atoms with van der Waals surface area (Å²) in [6.45, 7) is 11.0. The van der Waals surface area contributed by atoms with Crippen molar-refractivity contribution in [3.05, 3.63) is 29.8 Å². The Balaban J connectivity index is 1.68. The van der Waals surface area contributed by atoms with Crippen LogP contribution in [0.4, 0.5) is 0 Å². The van der Waals surface area contributed by atoms with Crippen molar-refractivity contribution in [3.63, 3.8) is 0 Å². The van der Waals surface area contributed by atoms with E-state index in [1.807, 2.05) is 24.3 Å². The first-order chi connectivity index (χ1) is 12.6. The van der Waals surface area contributed by atoms with E-state index in [1.165, 1.54) is 0 Å². The second-order valence-corrected chi connectivity index (χ2v) is 13.4. The maximum Gasteiger partial charge on any atom is 0.337 e. The molecule has 0 saturated carbocycles. The van der Waals surface area contributed by atoms with Crippen molar-refractivity contribution in [2.24, 2.45) is 0 Å². The molecule has 7 heteroatoms. The minimum atomic E-state index is -2.13. The van der Waals surface area contributed by atoms with Crippen LogP contribution in [-0.2, 0) is 29.9 Å². The van der Waals surface area contributed by atoms with Crippen LogP contribution in [0.3, 0.4) is 0 Å². The van der Waals surface area contributed by atoms with Crippen LogP contribution < -0.4 is 4.74 Å². The van der Waals surface area contributed by atoms with Gasteiger partial charge in [0.1, 0.15) is 11.9 Å². The van der Waals surface area contributed by atoms with Gasteiger partial charge in [-0.1, -0.05) is 32.9 Å². The van der Waals surface area contributed by atoms with Crippen LogP contribution in [0.5, 0.6) is 5.75 Å². The summed E-state index contributed by atoms with van der Waals surface area (Å²) in [4.78, 5) is 12.4. The number of methoxy groups -OCH3 is 1. The van der Waals surface area contributed by atoms with Gasteiger partial charge in [-0.25, -0.2) is 4.79 Å². The third-order valence-electron chi connectivity index (χ3n) is 5.71. The molecule has 1 aromatic carbocycles. The molecule has 0 spiro atoms. The quantitative estimate of drug-likeness (QED) is 0.564. The summed E-state index contributed by atoms with van der Waals surface area (Å²) in [5.41, 5.74) is 1.08. The van der Waals surface area contributed by atoms with E-state index in [0.29, 0.717) is 13.0 Å². The van der Waals surface area contributed by atoms with E-state index in [0.717, 1.165) is 11.3 Å². The molecule has 0 aliphatic carbocycles. The molecule has 2 aliphatic rings. The Morgan fingerprint density at radius 3 is 2.44 bits per heavy atom. The summed E-state index contributed by atoms with van der Waals surface area (Å²) in [6.07, 6.45) is -1.35. The average molecular weight is 395 g/mol. The second kappa shape index (κ2) is 7.54. The maximum atomic E-state index is 12.4. The summed E-state index contributed by atoms with van der Waals surface area (Å²) >= 11 is 0. The molecule has 3 rings (SSSR count). The molecule has 2 saturated heterocycles. The van der Waals surface area contributed by atoms with Crippen LogP contribution in [-0.4, -0.2) is 52.6 Å². The van der Waals surface area contributed by atoms with E-state index in [9.17, 15) is 4.79 Å². The van der Waals surface area contributed by atoms with Gasteiger partial charge < -0.3 is 23.4 Å². The van der Waals surface area contributed by atoms with Crippen LogP contribution in [0.15, 0.2) is 24.3 Å². The van der Waals surface area contributed by atoms with Crippen molar-refractivity contribution in [2.45, 2.75) is 69.9 Å². The normalized spacial score (nSPS) is 28.6. The smallest absolute Gasteiger partial charge is 0.337 e. The Bertz CT molecular complexity index is 666. The van der Waals surface area contributed by atoms with Crippen molar-refractivity contribution in [2.75, 3.05) is 13.7 Å². The topological polar surface area (TPSA) is 63.2 Å². The summed E-state index contributed by atoms with van der Waals surface area (Å²) in [6, 6.07) is 7.79. The molecule has 0 amide bonds. The number of fused-ring (bicyclic) bond motifs is 1. The molecule has 0 N–H and O–H groups in total. The van der Waals surface area contributed by atoms with E-state index in [1.54, 1.807) is 7.11 Å². The lowest BCUT2D eigenvalue weighted by atomic mass is 10.1. The average Bonchev–Trinajstić information content (AvgIpc) is 2.89. The lowest BCUT2D eigenvalue weighted by Gasteiger charge is -2.39. The van der Waals surface area contributed by atoms with Gasteiger partial charge >= 0.3 is 5.97 Å². The van der Waals surface area contributed by atoms with Gasteiger partial charge in [-0.2, -0.15) is 0 Å². The van der Waals surface area contributed by atoms with Gasteiger partial charge in [0.05, 0.1) is 13.7 Å². The monoisotopic (exact) mass is 394 g/mol. The molecule has 2 aliphatic heterocycles. The predicted molar refractivity (Wildman–Crippen MR) is 103 cm³/mol. The van der Waals surface area contributed by atoms with Gasteiger partial charge in [-0.05, 0) is 35.8 Å². The van der Waals surface area contributed by atoms with E-state index in [2.05, 4.69) is 33.9 Å². The Morgan fingerprint density at radius 1 is 1.19 bits per heavy atom. The zero-order valence-electron chi connectivity index (χ0n) is 17.0. The summed E-state index contributed by atoms with van der Waals surface area (Å²) in [5, 5.41) is -0.000963. The lowest BCUT2D eigenvalue weighted by Crippen LogP contribution is -2.52. The maximum absolute atomic E-state index is 12.4. The number of hydrogen-bond acceptors (Lipinski definition) is 6. The van der Waals surface area contributed by atoms with E-state index in [-0.39, 0.29) is 11.0 Å². The van der Waals surface area contributed by atoms with Gasteiger partial charge in [0.25, 0.3) is 0 Å². The first kappa shape index (κ1) is 20.3. The van der Waals surface area contributed by atoms with Crippen molar-refractivity contribution in [1.82, 2.24) is 0 Å². The van der Waals surface area contributed by atoms with Gasteiger partial charge in [-0.3, -0.25) is 0 Å². The van der Waals surface area contributed by atoms with Gasteiger partial charge in [0, 0.05) is 6.42 Å². The first-order valence-electron chi connectivity index (χ1n) is 9.39. The number of benzene rings is 1. The van der Waals surface area contributed by atoms with Gasteiger partial charge in [-0.15, -0.1) is 0 Å². The van der Waals surface area contributed by atoms with Crippen molar-refractivity contribution in [1.29, 1.82) is 0 Å². The minimum absolute atomic E-state index is 0.000963. The fourth-order valence-electron chi connectivity index (χ4n) is 2.99. The molecule has 4 atom stereocenters. The number of hydrogen-bond donors (Lipinski definition) is 0. The highest BCUT2D eigenvalue weighted by Crippen LogP contribution is 2.40. The molecule has 150 valence electrons. The molecular weight excluding hydrogens is 364 g/mol. The third kappa shape index (κ3) is 4.37. The Labute approximate surface area is 162 Å². The van der Waals surface area contributed by atoms with Crippen molar-refractivity contribution >= 4 is 14.3 Å². The lowest BCUT2D eigenvalue weighted by molar-refractivity contribution is -0.245. The summed E-state index contributed by atoms with van der Waals surface area (Å²) < 4.78 is 28.9. The van der Waals surface area contributed by atoms with E-state index in [4.69, 9.17) is 23.4 Å². The molecule has 0 radical (unpaired) electrons. The predicted octanol–water partition coefficient (Wildman–Crippen LogP) is 3.30. The summed E-state index contributed by atoms with van der Waals surface area (Å²) in [7, 11) is -0.489. The molecule has 2 unspecified atom stereocenters. The van der Waals surface area contributed by atoms with Crippen LogP contribution in [0.25, 0.3) is 0 Å². The highest BCUT2D eigenvalue weighted by Gasteiger charge is 2.53. The van der Waals surface area contributed by atoms with Crippen molar-refractivity contribution in [3.8, 4) is 5.75 Å². The minimum Gasteiger partial charge on any atom is -0.497 e. The van der Waals surface area contributed by atoms with Crippen LogP contribution >= 0.6 is 0 Å². The van der Waals surface area contributed by atoms with Crippen LogP contribution in [0, 0.1) is 0 Å². The third-order valence-corrected chi connectivity index (χ3v) is 10.2. The number of esters is 1. The zero-order valence-corrected chi connectivity index (χ0v) is 18.0. The molecule has 0 bridgehead atoms. The van der Waals surface area contributed by atoms with Crippen LogP contribution in [0.1, 0.15) is 26.3 Å². The highest BCUT2D eigenvalue weighted by atomic mass is 28.4. The number of carbonyl (C=O) groups is 1. The Hall–Kier alpha value is -1.41. The molecule has 27 heavy (non-hydrogen) atoms. The fourth-order valence-corrected chi connectivity index (χ4v) is 4.21. The molecule has 2 heterocycles. The largest absolute Gasteiger partial charge is 0.497 e. The molecule has 2 fully saturated rings. The van der Waals surface area contributed by atoms with Gasteiger partial charge in [0.2, 0.25) is 0 Å². The Morgan fingerprint density at radius 2 is 1.85 bits per heavy atom. The Kier molecular flexibility index (Phi) is 5.68. The summed E-state index contributed by atoms with van der Waals surface area (Å²) in [5.74, 6) is 0.463. The van der Waals surface area contributed by atoms with Crippen molar-refractivity contribution < 1.29 is 28.2 Å². The molecule has 6 nitrogen and oxygen atoms in total. The van der Waals surface area contributed by atoms with Gasteiger partial charge in [0.15, 0.2) is 26.8 Å². The number of rotatable bonds is 5. The fraction of sp³-hybridized carbons (Fsp3) is 0.650. The molecular formula is C20H30O6Si. The first-order valence-corrected chi connectivity index (χ1v) is 12.3. The van der Waals surface area contributed by atoms with Crippen LogP contribution in [0.2, 0.25) is 18.1 Å². The molecule has 0 aromatic heterocycles. The molecule has 1 aromatic rings. The zero-order chi connectivity index (χ0) is 19.8. The second-order valence-electron chi connectivity index (χ2n) is 8.69. The number of carbonyl (C=O) groups excluding carboxylic acids is 1. The standard InChI is InChI=1S/C20H30O6Si/c1-20(2,3)27(5,6)26-18-17-15(24-19(18)21)12-23-16(25-17)11-13-7-9-14(22-4)10-8-13/h7-10,15-18H,11-12H2,1-6H3/t15-,16?,17?,18-/m1/s1. The van der Waals surface area contributed by atoms with E-state index < -0.39 is 32.9 Å².